The maximum atomic E-state index is 10.6. The van der Waals surface area contributed by atoms with Crippen LogP contribution in [0.15, 0.2) is 53.7 Å². The molecule has 0 radical (unpaired) electrons. The lowest BCUT2D eigenvalue weighted by atomic mass is 10.1. The van der Waals surface area contributed by atoms with Crippen LogP contribution in [0.25, 0.3) is 6.08 Å². The molecule has 0 aliphatic rings. The number of hydrogen-bond donors (Lipinski definition) is 1. The summed E-state index contributed by atoms with van der Waals surface area (Å²) in [7, 11) is 0. The van der Waals surface area contributed by atoms with Crippen molar-refractivity contribution < 1.29 is 14.6 Å². The third kappa shape index (κ3) is 12.3. The predicted molar refractivity (Wildman–Crippen MR) is 121 cm³/mol. The fourth-order valence-electron chi connectivity index (χ4n) is 2.60. The van der Waals surface area contributed by atoms with Gasteiger partial charge in [-0.3, -0.25) is 0 Å². The van der Waals surface area contributed by atoms with E-state index in [9.17, 15) is 4.79 Å². The zero-order chi connectivity index (χ0) is 20.6. The van der Waals surface area contributed by atoms with Gasteiger partial charge in [-0.25, -0.2) is 4.79 Å². The second-order valence-electron chi connectivity index (χ2n) is 6.96. The highest BCUT2D eigenvalue weighted by molar-refractivity contribution is 7.14. The van der Waals surface area contributed by atoms with E-state index in [1.807, 2.05) is 31.2 Å². The molecular weight excluding hydrogens is 368 g/mol. The third-order valence-corrected chi connectivity index (χ3v) is 5.14. The van der Waals surface area contributed by atoms with Gasteiger partial charge in [-0.1, -0.05) is 86.7 Å². The summed E-state index contributed by atoms with van der Waals surface area (Å²) < 4.78 is 5.85. The number of carboxylic acids is 1. The lowest BCUT2D eigenvalue weighted by Gasteiger charge is -2.03. The first kappa shape index (κ1) is 24.0. The number of carbonyl (C=O) groups is 1. The van der Waals surface area contributed by atoms with Crippen LogP contribution in [-0.2, 0) is 4.79 Å². The van der Waals surface area contributed by atoms with Crippen LogP contribution in [0.4, 0.5) is 0 Å². The molecule has 1 aromatic heterocycles. The summed E-state index contributed by atoms with van der Waals surface area (Å²) in [4.78, 5) is 11.7. The number of carboxylic acid groups (broad SMARTS) is 1. The molecule has 0 unspecified atom stereocenters. The zero-order valence-electron chi connectivity index (χ0n) is 17.4. The van der Waals surface area contributed by atoms with E-state index in [-0.39, 0.29) is 0 Å². The van der Waals surface area contributed by atoms with Gasteiger partial charge in [-0.15, -0.1) is 0 Å². The van der Waals surface area contributed by atoms with Crippen molar-refractivity contribution in [3.05, 3.63) is 58.5 Å². The summed E-state index contributed by atoms with van der Waals surface area (Å²) in [5.41, 5.74) is 1.81. The Morgan fingerprint density at radius 3 is 2.46 bits per heavy atom. The molecule has 0 atom stereocenters. The summed E-state index contributed by atoms with van der Waals surface area (Å²) >= 11 is 1.66. The Hall–Kier alpha value is -2.07. The first-order chi connectivity index (χ1) is 13.5. The van der Waals surface area contributed by atoms with Gasteiger partial charge in [0.05, 0.1) is 6.61 Å². The number of allylic oxidation sites excluding steroid dienone is 6. The van der Waals surface area contributed by atoms with Crippen LogP contribution < -0.4 is 4.74 Å². The van der Waals surface area contributed by atoms with E-state index in [4.69, 9.17) is 9.84 Å². The minimum absolute atomic E-state index is 0.710. The molecule has 0 spiro atoms. The fourth-order valence-corrected chi connectivity index (χ4v) is 3.38. The van der Waals surface area contributed by atoms with Crippen molar-refractivity contribution in [2.24, 2.45) is 0 Å². The van der Waals surface area contributed by atoms with E-state index < -0.39 is 5.97 Å². The van der Waals surface area contributed by atoms with Crippen molar-refractivity contribution in [3.8, 4) is 5.06 Å². The van der Waals surface area contributed by atoms with Crippen LogP contribution >= 0.6 is 11.3 Å². The van der Waals surface area contributed by atoms with Gasteiger partial charge >= 0.3 is 5.97 Å². The Morgan fingerprint density at radius 2 is 1.75 bits per heavy atom. The Labute approximate surface area is 174 Å². The minimum Gasteiger partial charge on any atom is -0.484 e. The van der Waals surface area contributed by atoms with Gasteiger partial charge in [0.1, 0.15) is 0 Å². The quantitative estimate of drug-likeness (QED) is 0.200. The van der Waals surface area contributed by atoms with Crippen molar-refractivity contribution in [1.82, 2.24) is 0 Å². The van der Waals surface area contributed by atoms with Crippen molar-refractivity contribution in [2.75, 3.05) is 6.61 Å². The molecule has 1 aromatic rings. The van der Waals surface area contributed by atoms with Gasteiger partial charge < -0.3 is 9.84 Å². The summed E-state index contributed by atoms with van der Waals surface area (Å²) in [6, 6.07) is 4.11. The topological polar surface area (TPSA) is 46.5 Å². The third-order valence-electron chi connectivity index (χ3n) is 4.17. The molecule has 0 bridgehead atoms. The van der Waals surface area contributed by atoms with Crippen molar-refractivity contribution in [2.45, 2.75) is 65.7 Å². The van der Waals surface area contributed by atoms with Crippen molar-refractivity contribution in [1.29, 1.82) is 0 Å². The molecule has 0 aliphatic heterocycles. The van der Waals surface area contributed by atoms with E-state index >= 15 is 0 Å². The Kier molecular flexibility index (Phi) is 12.8. The van der Waals surface area contributed by atoms with Crippen molar-refractivity contribution in [3.63, 3.8) is 0 Å². The van der Waals surface area contributed by atoms with Gasteiger partial charge in [0.2, 0.25) is 0 Å². The fraction of sp³-hybridized carbons (Fsp3) is 0.458. The number of rotatable bonds is 14. The molecule has 154 valence electrons. The van der Waals surface area contributed by atoms with Crippen LogP contribution in [0.2, 0.25) is 0 Å². The van der Waals surface area contributed by atoms with Gasteiger partial charge in [0.25, 0.3) is 0 Å². The maximum Gasteiger partial charge on any atom is 0.328 e. The minimum atomic E-state index is -0.926. The Bertz CT molecular complexity index is 692. The molecular formula is C24H34O3S. The molecule has 3 nitrogen and oxygen atoms in total. The molecule has 4 heteroatoms. The molecule has 0 saturated carbocycles. The highest BCUT2D eigenvalue weighted by Crippen LogP contribution is 2.26. The lowest BCUT2D eigenvalue weighted by molar-refractivity contribution is -0.131. The average Bonchev–Trinajstić information content (AvgIpc) is 3.09. The van der Waals surface area contributed by atoms with E-state index in [1.165, 1.54) is 44.6 Å². The molecule has 0 fully saturated rings. The summed E-state index contributed by atoms with van der Waals surface area (Å²) in [5.74, 6) is -0.926. The predicted octanol–water partition coefficient (Wildman–Crippen LogP) is 7.42. The summed E-state index contributed by atoms with van der Waals surface area (Å²) in [6.45, 7) is 6.83. The van der Waals surface area contributed by atoms with Gasteiger partial charge in [-0.05, 0) is 44.1 Å². The molecule has 0 aromatic carbocycles. The number of aliphatic carboxylic acids is 1. The maximum absolute atomic E-state index is 10.6. The molecule has 0 aliphatic carbocycles. The first-order valence-corrected chi connectivity index (χ1v) is 11.0. The Morgan fingerprint density at radius 1 is 1.04 bits per heavy atom. The van der Waals surface area contributed by atoms with E-state index in [0.717, 1.165) is 28.5 Å². The molecule has 1 rings (SSSR count). The van der Waals surface area contributed by atoms with Crippen molar-refractivity contribution >= 4 is 23.4 Å². The Balaban J connectivity index is 2.32. The number of hydrogen-bond acceptors (Lipinski definition) is 3. The number of unbranched alkanes of at least 4 members (excludes halogenated alkanes) is 6. The second-order valence-corrected chi connectivity index (χ2v) is 8.03. The van der Waals surface area contributed by atoms with Crippen LogP contribution in [0.3, 0.4) is 0 Å². The van der Waals surface area contributed by atoms with Crippen LogP contribution in [0.1, 0.15) is 70.6 Å². The zero-order valence-corrected chi connectivity index (χ0v) is 18.3. The molecule has 1 N–H and O–H groups in total. The number of thiophene rings is 1. The molecule has 1 heterocycles. The van der Waals surface area contributed by atoms with Gasteiger partial charge in [0, 0.05) is 11.0 Å². The van der Waals surface area contributed by atoms with Gasteiger partial charge in [-0.2, -0.15) is 0 Å². The summed E-state index contributed by atoms with van der Waals surface area (Å²) in [6.07, 6.45) is 20.0. The lowest BCUT2D eigenvalue weighted by Crippen LogP contribution is -1.95. The largest absolute Gasteiger partial charge is 0.484 e. The highest BCUT2D eigenvalue weighted by Gasteiger charge is 1.99. The van der Waals surface area contributed by atoms with E-state index in [1.54, 1.807) is 24.3 Å². The van der Waals surface area contributed by atoms with Crippen LogP contribution in [0, 0.1) is 0 Å². The highest BCUT2D eigenvalue weighted by atomic mass is 32.1. The SMILES string of the molecule is CCCCCCCCCOc1ccc(/C=C/C(C)=C/C=C/C(C)=C/C(=O)O)s1. The molecule has 28 heavy (non-hydrogen) atoms. The number of ether oxygens (including phenoxy) is 1. The van der Waals surface area contributed by atoms with E-state index in [2.05, 4.69) is 19.1 Å². The molecule has 0 amide bonds. The normalized spacial score (nSPS) is 13.0. The van der Waals surface area contributed by atoms with E-state index in [0.29, 0.717) is 5.57 Å². The first-order valence-electron chi connectivity index (χ1n) is 10.2. The average molecular weight is 403 g/mol. The summed E-state index contributed by atoms with van der Waals surface area (Å²) in [5, 5.41) is 9.65. The monoisotopic (exact) mass is 402 g/mol. The smallest absolute Gasteiger partial charge is 0.328 e. The van der Waals surface area contributed by atoms with Crippen LogP contribution in [-0.4, -0.2) is 17.7 Å². The van der Waals surface area contributed by atoms with Crippen LogP contribution in [0.5, 0.6) is 5.06 Å². The second kappa shape index (κ2) is 14.9. The standard InChI is InChI=1S/C24H34O3S/c1-4-5-6-7-8-9-10-18-27-24-17-16-22(28-24)15-14-20(2)12-11-13-21(3)19-23(25)26/h11-17,19H,4-10,18H2,1-3H3,(H,25,26)/b13-11+,15-14+,20-12+,21-19+. The van der Waals surface area contributed by atoms with Gasteiger partial charge in [0.15, 0.2) is 5.06 Å². The molecule has 0 saturated heterocycles.